The van der Waals surface area contributed by atoms with Gasteiger partial charge in [-0.1, -0.05) is 18.5 Å². The third kappa shape index (κ3) is 3.82. The van der Waals surface area contributed by atoms with E-state index >= 15 is 0 Å². The van der Waals surface area contributed by atoms with E-state index in [2.05, 4.69) is 16.9 Å². The first-order valence-corrected chi connectivity index (χ1v) is 9.06. The number of halogens is 4. The number of likely N-dealkylation sites (tertiary alicyclic amines) is 1. The molecule has 2 heterocycles. The summed E-state index contributed by atoms with van der Waals surface area (Å²) in [7, 11) is 1.80. The van der Waals surface area contributed by atoms with Gasteiger partial charge in [0.05, 0.1) is 11.2 Å². The summed E-state index contributed by atoms with van der Waals surface area (Å²) >= 11 is 5.64. The van der Waals surface area contributed by atoms with E-state index in [4.69, 9.17) is 11.6 Å². The van der Waals surface area contributed by atoms with E-state index in [0.29, 0.717) is 42.1 Å². The lowest BCUT2D eigenvalue weighted by molar-refractivity contribution is 0.101. The minimum absolute atomic E-state index is 0.263. The van der Waals surface area contributed by atoms with Crippen molar-refractivity contribution in [1.82, 2.24) is 14.9 Å². The second-order valence-corrected chi connectivity index (χ2v) is 7.02. The number of hydrogen-bond acceptors (Lipinski definition) is 5. The first kappa shape index (κ1) is 19.7. The normalized spacial score (nSPS) is 22.0. The third-order valence-corrected chi connectivity index (χ3v) is 4.85. The summed E-state index contributed by atoms with van der Waals surface area (Å²) in [6.45, 7) is 5.51. The predicted octanol–water partition coefficient (Wildman–Crippen LogP) is 3.88. The molecule has 9 heteroatoms. The van der Waals surface area contributed by atoms with E-state index in [9.17, 15) is 13.2 Å². The Morgan fingerprint density at radius 3 is 2.52 bits per heavy atom. The van der Waals surface area contributed by atoms with E-state index in [0.717, 1.165) is 25.2 Å². The van der Waals surface area contributed by atoms with Crippen molar-refractivity contribution in [2.24, 2.45) is 15.9 Å². The molecule has 146 valence electrons. The molecule has 5 nitrogen and oxygen atoms in total. The molecule has 1 fully saturated rings. The van der Waals surface area contributed by atoms with Crippen LogP contribution in [0.5, 0.6) is 0 Å². The quantitative estimate of drug-likeness (QED) is 0.723. The van der Waals surface area contributed by atoms with Gasteiger partial charge >= 0.3 is 0 Å². The monoisotopic (exact) mass is 399 g/mol. The molecular formula is C18H21ClF3N5. The van der Waals surface area contributed by atoms with Gasteiger partial charge < -0.3 is 4.90 Å². The number of aliphatic imine (C=N–C) groups is 2. The SMILES string of the molecule is C/C(=C(/N1CCC(C)C1)N1C(/N=C/Cl)=NCN1C)c1c(F)cc(F)cc1F. The van der Waals surface area contributed by atoms with Crippen LogP contribution in [0.15, 0.2) is 27.9 Å². The molecular weight excluding hydrogens is 379 g/mol. The summed E-state index contributed by atoms with van der Waals surface area (Å²) in [5, 5.41) is 3.47. The topological polar surface area (TPSA) is 34.4 Å². The van der Waals surface area contributed by atoms with Crippen LogP contribution in [0.25, 0.3) is 5.57 Å². The molecule has 3 rings (SSSR count). The first-order valence-electron chi connectivity index (χ1n) is 8.62. The summed E-state index contributed by atoms with van der Waals surface area (Å²) in [5.74, 6) is -1.54. The molecule has 0 bridgehead atoms. The lowest BCUT2D eigenvalue weighted by atomic mass is 10.0. The molecule has 1 aromatic carbocycles. The highest BCUT2D eigenvalue weighted by Gasteiger charge is 2.34. The Labute approximate surface area is 161 Å². The standard InChI is InChI=1S/C18H21ClF3N5/c1-11-4-5-26(8-11)17(27-18(23-9-19)24-10-25(27)3)12(2)16-14(21)6-13(20)7-15(16)22/h6-7,9,11H,4-5,8,10H2,1-3H3/b17-12+,23-9+. The average molecular weight is 400 g/mol. The van der Waals surface area contributed by atoms with Crippen LogP contribution < -0.4 is 0 Å². The second-order valence-electron chi connectivity index (χ2n) is 6.83. The predicted molar refractivity (Wildman–Crippen MR) is 101 cm³/mol. The van der Waals surface area contributed by atoms with Crippen molar-refractivity contribution in [2.75, 3.05) is 26.8 Å². The Hall–Kier alpha value is -2.06. The van der Waals surface area contributed by atoms with Crippen LogP contribution in [0.2, 0.25) is 0 Å². The maximum Gasteiger partial charge on any atom is 0.243 e. The Balaban J connectivity index is 2.18. The highest BCUT2D eigenvalue weighted by molar-refractivity contribution is 6.57. The van der Waals surface area contributed by atoms with Crippen molar-refractivity contribution in [3.63, 3.8) is 0 Å². The molecule has 0 N–H and O–H groups in total. The van der Waals surface area contributed by atoms with Crippen LogP contribution in [0.3, 0.4) is 0 Å². The maximum atomic E-state index is 14.5. The first-order chi connectivity index (χ1) is 12.8. The molecule has 2 aliphatic heterocycles. The fraction of sp³-hybridized carbons (Fsp3) is 0.444. The van der Waals surface area contributed by atoms with Crippen molar-refractivity contribution < 1.29 is 13.2 Å². The van der Waals surface area contributed by atoms with Crippen molar-refractivity contribution in [1.29, 1.82) is 0 Å². The van der Waals surface area contributed by atoms with Crippen LogP contribution in [-0.2, 0) is 0 Å². The summed E-state index contributed by atoms with van der Waals surface area (Å²) in [6, 6.07) is 1.37. The van der Waals surface area contributed by atoms with Gasteiger partial charge in [-0.25, -0.2) is 28.2 Å². The highest BCUT2D eigenvalue weighted by Crippen LogP contribution is 2.33. The van der Waals surface area contributed by atoms with Gasteiger partial charge in [-0.2, -0.15) is 5.01 Å². The average Bonchev–Trinajstić information content (AvgIpc) is 3.15. The lowest BCUT2D eigenvalue weighted by Gasteiger charge is -2.35. The van der Waals surface area contributed by atoms with Gasteiger partial charge in [0.1, 0.15) is 29.9 Å². The summed E-state index contributed by atoms with van der Waals surface area (Å²) in [6.07, 6.45) is 0.952. The zero-order valence-corrected chi connectivity index (χ0v) is 16.1. The molecule has 0 radical (unpaired) electrons. The highest BCUT2D eigenvalue weighted by atomic mass is 35.5. The van der Waals surface area contributed by atoms with Crippen LogP contribution in [0.1, 0.15) is 25.8 Å². The van der Waals surface area contributed by atoms with E-state index in [1.165, 1.54) is 0 Å². The van der Waals surface area contributed by atoms with Gasteiger partial charge in [0.25, 0.3) is 0 Å². The van der Waals surface area contributed by atoms with Gasteiger partial charge in [0, 0.05) is 37.8 Å². The smallest absolute Gasteiger partial charge is 0.243 e. The fourth-order valence-corrected chi connectivity index (χ4v) is 3.60. The Kier molecular flexibility index (Phi) is 5.76. The van der Waals surface area contributed by atoms with Crippen molar-refractivity contribution in [2.45, 2.75) is 20.3 Å². The molecule has 0 aliphatic carbocycles. The van der Waals surface area contributed by atoms with Crippen molar-refractivity contribution >= 4 is 28.8 Å². The molecule has 1 saturated heterocycles. The summed E-state index contributed by atoms with van der Waals surface area (Å²) in [4.78, 5) is 10.4. The Morgan fingerprint density at radius 1 is 1.30 bits per heavy atom. The fourth-order valence-electron chi connectivity index (χ4n) is 3.51. The molecule has 0 saturated carbocycles. The van der Waals surface area contributed by atoms with Crippen LogP contribution in [0.4, 0.5) is 13.2 Å². The number of allylic oxidation sites excluding steroid dienone is 1. The maximum absolute atomic E-state index is 14.5. The number of hydrazine groups is 1. The van der Waals surface area contributed by atoms with Crippen LogP contribution in [0, 0.1) is 23.4 Å². The van der Waals surface area contributed by atoms with Crippen LogP contribution in [-0.4, -0.2) is 53.4 Å². The zero-order valence-electron chi connectivity index (χ0n) is 15.4. The van der Waals surface area contributed by atoms with Gasteiger partial charge in [0.15, 0.2) is 0 Å². The number of hydrogen-bond donors (Lipinski definition) is 0. The second kappa shape index (κ2) is 7.90. The molecule has 1 aromatic rings. The Morgan fingerprint density at radius 2 is 1.96 bits per heavy atom. The number of guanidine groups is 1. The van der Waals surface area contributed by atoms with Gasteiger partial charge in [-0.3, -0.25) is 0 Å². The number of nitrogens with zero attached hydrogens (tertiary/aromatic N) is 5. The molecule has 27 heavy (non-hydrogen) atoms. The minimum Gasteiger partial charge on any atom is -0.356 e. The van der Waals surface area contributed by atoms with Gasteiger partial charge in [-0.05, 0) is 19.3 Å². The Bertz CT molecular complexity index is 800. The molecule has 1 atom stereocenters. The van der Waals surface area contributed by atoms with E-state index < -0.39 is 17.5 Å². The van der Waals surface area contributed by atoms with E-state index in [1.54, 1.807) is 24.0 Å². The third-order valence-electron chi connectivity index (χ3n) is 4.75. The van der Waals surface area contributed by atoms with Crippen LogP contribution >= 0.6 is 11.6 Å². The van der Waals surface area contributed by atoms with Crippen molar-refractivity contribution in [3.8, 4) is 0 Å². The largest absolute Gasteiger partial charge is 0.356 e. The number of rotatable bonds is 3. The molecule has 2 aliphatic rings. The zero-order chi connectivity index (χ0) is 19.7. The molecule has 0 spiro atoms. The van der Waals surface area contributed by atoms with E-state index in [1.807, 2.05) is 4.90 Å². The molecule has 0 amide bonds. The van der Waals surface area contributed by atoms with Gasteiger partial charge in [-0.15, -0.1) is 0 Å². The van der Waals surface area contributed by atoms with E-state index in [-0.39, 0.29) is 5.56 Å². The lowest BCUT2D eigenvalue weighted by Crippen LogP contribution is -2.44. The summed E-state index contributed by atoms with van der Waals surface area (Å²) in [5.41, 5.74) is 1.18. The molecule has 1 unspecified atom stereocenters. The summed E-state index contributed by atoms with van der Waals surface area (Å²) < 4.78 is 42.3. The number of benzene rings is 1. The minimum atomic E-state index is -0.954. The van der Waals surface area contributed by atoms with Crippen molar-refractivity contribution in [3.05, 3.63) is 41.0 Å². The van der Waals surface area contributed by atoms with Gasteiger partial charge in [0.2, 0.25) is 5.96 Å². The molecule has 0 aromatic heterocycles.